The molecule has 35 heavy (non-hydrogen) atoms. The zero-order valence-electron chi connectivity index (χ0n) is 18.9. The van der Waals surface area contributed by atoms with E-state index < -0.39 is 4.92 Å². The number of aromatic nitrogens is 2. The monoisotopic (exact) mass is 544 g/mol. The fourth-order valence-corrected chi connectivity index (χ4v) is 7.22. The average molecular weight is 545 g/mol. The van der Waals surface area contributed by atoms with Gasteiger partial charge in [-0.3, -0.25) is 19.5 Å². The number of fused-ring (bicyclic) bond motifs is 1. The van der Waals surface area contributed by atoms with E-state index in [0.29, 0.717) is 11.1 Å². The highest BCUT2D eigenvalue weighted by Gasteiger charge is 2.27. The Labute approximate surface area is 219 Å². The first kappa shape index (κ1) is 25.2. The number of thioether (sulfide) groups is 1. The standard InChI is InChI=1S/C24H21N4O3S3.ClH/c1-3-27-21(14-20-26(11-12-32-20)15-16-7-5-4-6-8-16)34-22(23(27)29)24-25(2)18-10-9-17(28(30)31)13-19(18)33-24;/h4-14H,3,15H2,1-2H3;1H/q+1;/p-1/b24-22+;. The molecule has 0 N–H and O–H groups in total. The van der Waals surface area contributed by atoms with Gasteiger partial charge in [0.15, 0.2) is 12.7 Å². The van der Waals surface area contributed by atoms with Crippen molar-refractivity contribution >= 4 is 56.9 Å². The van der Waals surface area contributed by atoms with E-state index in [0.717, 1.165) is 31.8 Å². The minimum atomic E-state index is -0.396. The molecule has 11 heteroatoms. The van der Waals surface area contributed by atoms with Crippen LogP contribution in [0, 0.1) is 10.1 Å². The van der Waals surface area contributed by atoms with E-state index in [-0.39, 0.29) is 23.7 Å². The Hall–Kier alpha value is -2.92. The molecule has 0 radical (unpaired) electrons. The molecule has 2 aromatic heterocycles. The molecular weight excluding hydrogens is 524 g/mol. The lowest BCUT2D eigenvalue weighted by molar-refractivity contribution is -0.685. The van der Waals surface area contributed by atoms with Gasteiger partial charge < -0.3 is 17.3 Å². The number of nitro groups is 1. The minimum absolute atomic E-state index is 0. The van der Waals surface area contributed by atoms with Gasteiger partial charge in [0.05, 0.1) is 22.1 Å². The molecule has 0 saturated heterocycles. The fourth-order valence-electron chi connectivity index (χ4n) is 3.87. The summed E-state index contributed by atoms with van der Waals surface area (Å²) in [6.45, 7) is 3.29. The van der Waals surface area contributed by atoms with Crippen LogP contribution in [0.4, 0.5) is 11.4 Å². The summed E-state index contributed by atoms with van der Waals surface area (Å²) in [5, 5.41) is 15.1. The molecular formula is C24H21ClN4O3S3. The Kier molecular flexibility index (Phi) is 7.46. The summed E-state index contributed by atoms with van der Waals surface area (Å²) in [5.41, 5.74) is 2.09. The number of halogens is 1. The van der Waals surface area contributed by atoms with Crippen LogP contribution >= 0.6 is 34.4 Å². The summed E-state index contributed by atoms with van der Waals surface area (Å²) in [7, 11) is 1.89. The Balaban J connectivity index is 0.00000289. The summed E-state index contributed by atoms with van der Waals surface area (Å²) in [6, 6.07) is 15.1. The van der Waals surface area contributed by atoms with Crippen LogP contribution in [0.2, 0.25) is 0 Å². The van der Waals surface area contributed by atoms with Crippen LogP contribution in [0.1, 0.15) is 17.5 Å². The van der Waals surface area contributed by atoms with Gasteiger partial charge in [0.2, 0.25) is 0 Å². The molecule has 4 aromatic rings. The third-order valence-electron chi connectivity index (χ3n) is 5.60. The number of non-ortho nitro benzene ring substituents is 1. The topological polar surface area (TPSA) is 72.3 Å². The van der Waals surface area contributed by atoms with Crippen LogP contribution in [0.25, 0.3) is 11.1 Å². The van der Waals surface area contributed by atoms with Crippen molar-refractivity contribution in [3.63, 3.8) is 0 Å². The maximum absolute atomic E-state index is 13.4. The molecule has 1 aliphatic rings. The Morgan fingerprint density at radius 3 is 2.66 bits per heavy atom. The summed E-state index contributed by atoms with van der Waals surface area (Å²) < 4.78 is 5.50. The van der Waals surface area contributed by atoms with Crippen molar-refractivity contribution < 1.29 is 21.9 Å². The largest absolute Gasteiger partial charge is 1.00 e. The molecule has 7 nitrogen and oxygen atoms in total. The van der Waals surface area contributed by atoms with Crippen molar-refractivity contribution in [1.82, 2.24) is 4.57 Å². The first-order valence-corrected chi connectivity index (χ1v) is 13.1. The predicted octanol–water partition coefficient (Wildman–Crippen LogP) is 0.376. The quantitative estimate of drug-likeness (QED) is 0.206. The summed E-state index contributed by atoms with van der Waals surface area (Å²) in [4.78, 5) is 26.9. The highest BCUT2D eigenvalue weighted by Crippen LogP contribution is 2.46. The Bertz CT molecular complexity index is 1580. The number of nitrogens with zero attached hydrogens (tertiary/aromatic N) is 4. The average Bonchev–Trinajstić information content (AvgIpc) is 3.50. The van der Waals surface area contributed by atoms with Crippen LogP contribution in [0.5, 0.6) is 0 Å². The second-order valence-electron chi connectivity index (χ2n) is 7.69. The van der Waals surface area contributed by atoms with E-state index in [9.17, 15) is 14.9 Å². The maximum atomic E-state index is 13.4. The first-order valence-electron chi connectivity index (χ1n) is 10.6. The maximum Gasteiger partial charge on any atom is 0.271 e. The van der Waals surface area contributed by atoms with E-state index in [4.69, 9.17) is 0 Å². The van der Waals surface area contributed by atoms with Gasteiger partial charge in [-0.1, -0.05) is 53.4 Å². The predicted molar refractivity (Wildman–Crippen MR) is 138 cm³/mol. The van der Waals surface area contributed by atoms with E-state index in [2.05, 4.69) is 34.4 Å². The smallest absolute Gasteiger partial charge is 0.271 e. The Morgan fingerprint density at radius 1 is 1.17 bits per heavy atom. The minimum Gasteiger partial charge on any atom is -1.00 e. The van der Waals surface area contributed by atoms with E-state index in [1.807, 2.05) is 37.1 Å². The van der Waals surface area contributed by atoms with E-state index >= 15 is 0 Å². The van der Waals surface area contributed by atoms with Crippen LogP contribution in [0.15, 0.2) is 69.8 Å². The third kappa shape index (κ3) is 4.79. The molecule has 0 atom stereocenters. The zero-order valence-corrected chi connectivity index (χ0v) is 22.1. The van der Waals surface area contributed by atoms with Crippen LogP contribution < -0.4 is 36.6 Å². The molecule has 0 bridgehead atoms. The number of rotatable bonds is 5. The highest BCUT2D eigenvalue weighted by molar-refractivity contribution is 8.08. The van der Waals surface area contributed by atoms with Crippen molar-refractivity contribution in [3.05, 3.63) is 100 Å². The second-order valence-corrected chi connectivity index (χ2v) is 10.7. The van der Waals surface area contributed by atoms with Crippen molar-refractivity contribution in [2.45, 2.75) is 24.9 Å². The molecule has 5 rings (SSSR count). The van der Waals surface area contributed by atoms with Gasteiger partial charge in [0.25, 0.3) is 16.3 Å². The number of hydrogen-bond acceptors (Lipinski definition) is 7. The molecule has 2 aromatic carbocycles. The molecule has 0 amide bonds. The van der Waals surface area contributed by atoms with Gasteiger partial charge in [-0.05, 0) is 13.0 Å². The Morgan fingerprint density at radius 2 is 1.94 bits per heavy atom. The first-order chi connectivity index (χ1) is 16.5. The summed E-state index contributed by atoms with van der Waals surface area (Å²) in [6.07, 6.45) is 4.14. The highest BCUT2D eigenvalue weighted by atomic mass is 35.5. The number of nitro benzene ring substituents is 1. The lowest BCUT2D eigenvalue weighted by atomic mass is 10.2. The van der Waals surface area contributed by atoms with Gasteiger partial charge in [0, 0.05) is 36.2 Å². The van der Waals surface area contributed by atoms with Crippen molar-refractivity contribution in [2.24, 2.45) is 0 Å². The number of thiazole rings is 2. The fraction of sp³-hybridized carbons (Fsp3) is 0.167. The summed E-state index contributed by atoms with van der Waals surface area (Å²) >= 11 is 4.51. The van der Waals surface area contributed by atoms with Crippen molar-refractivity contribution in [2.75, 3.05) is 11.9 Å². The van der Waals surface area contributed by atoms with Gasteiger partial charge in [-0.2, -0.15) is 4.57 Å². The normalized spacial score (nSPS) is 14.7. The molecule has 0 spiro atoms. The van der Waals surface area contributed by atoms with Crippen LogP contribution in [0.3, 0.4) is 0 Å². The number of anilines is 1. The molecule has 180 valence electrons. The van der Waals surface area contributed by atoms with E-state index in [1.165, 1.54) is 34.7 Å². The van der Waals surface area contributed by atoms with Gasteiger partial charge >= 0.3 is 0 Å². The third-order valence-corrected chi connectivity index (χ3v) is 8.92. The number of hydrogen-bond donors (Lipinski definition) is 0. The van der Waals surface area contributed by atoms with Crippen LogP contribution in [-0.2, 0) is 13.1 Å². The molecule has 3 heterocycles. The SMILES string of the molecule is CCn1c(=O)/c(=C2\Sc3cc([N+](=O)[O-])ccc3N2C)s/c1=C\c1scc[n+]1Cc1ccccc1.[Cl-]. The molecule has 0 unspecified atom stereocenters. The number of benzene rings is 2. The molecule has 0 saturated carbocycles. The van der Waals surface area contributed by atoms with Gasteiger partial charge in [-0.15, -0.1) is 11.3 Å². The zero-order chi connectivity index (χ0) is 23.8. The lowest BCUT2D eigenvalue weighted by Gasteiger charge is -2.11. The van der Waals surface area contributed by atoms with Gasteiger partial charge in [0.1, 0.15) is 14.2 Å². The van der Waals surface area contributed by atoms with Crippen LogP contribution in [-0.4, -0.2) is 16.5 Å². The van der Waals surface area contributed by atoms with Crippen molar-refractivity contribution in [3.8, 4) is 0 Å². The molecule has 0 fully saturated rings. The second kappa shape index (κ2) is 10.4. The van der Waals surface area contributed by atoms with E-state index in [1.54, 1.807) is 28.0 Å². The molecule has 1 aliphatic heterocycles. The molecule has 0 aliphatic carbocycles. The van der Waals surface area contributed by atoms with Crippen molar-refractivity contribution in [1.29, 1.82) is 0 Å². The summed E-state index contributed by atoms with van der Waals surface area (Å²) in [5.74, 6) is 0. The lowest BCUT2D eigenvalue weighted by Crippen LogP contribution is -3.00. The van der Waals surface area contributed by atoms with Gasteiger partial charge in [-0.25, -0.2) is 0 Å².